The van der Waals surface area contributed by atoms with Gasteiger partial charge in [0.2, 0.25) is 17.7 Å². The Balaban J connectivity index is 1.40. The highest BCUT2D eigenvalue weighted by atomic mass is 16.3. The fraction of sp³-hybridized carbons (Fsp3) is 0.622. The maximum Gasteiger partial charge on any atom is 0.251 e. The van der Waals surface area contributed by atoms with Crippen LogP contribution in [0.5, 0.6) is 0 Å². The number of aliphatic hydroxyl groups excluding tert-OH is 1. The van der Waals surface area contributed by atoms with Crippen molar-refractivity contribution in [3.63, 3.8) is 0 Å². The molecule has 5 rings (SSSR count). The van der Waals surface area contributed by atoms with Crippen LogP contribution in [-0.2, 0) is 14.4 Å². The Morgan fingerprint density at radius 3 is 2.31 bits per heavy atom. The third kappa shape index (κ3) is 9.12. The monoisotopic (exact) mass is 662 g/mol. The van der Waals surface area contributed by atoms with E-state index in [1.807, 2.05) is 36.4 Å². The van der Waals surface area contributed by atoms with Gasteiger partial charge in [0.15, 0.2) is 6.10 Å². The lowest BCUT2D eigenvalue weighted by Crippen LogP contribution is -2.57. The molecule has 2 saturated heterocycles. The quantitative estimate of drug-likeness (QED) is 0.194. The summed E-state index contributed by atoms with van der Waals surface area (Å²) in [7, 11) is 0. The van der Waals surface area contributed by atoms with Crippen LogP contribution in [0.25, 0.3) is 10.8 Å². The highest BCUT2D eigenvalue weighted by molar-refractivity contribution is 6.01. The smallest absolute Gasteiger partial charge is 0.251 e. The Morgan fingerprint density at radius 1 is 0.896 bits per heavy atom. The van der Waals surface area contributed by atoms with Crippen LogP contribution in [0.3, 0.4) is 0 Å². The van der Waals surface area contributed by atoms with Crippen LogP contribution in [0.2, 0.25) is 0 Å². The first-order chi connectivity index (χ1) is 23.2. The number of nitrogens with zero attached hydrogens (tertiary/aromatic N) is 2. The maximum atomic E-state index is 14.7. The van der Waals surface area contributed by atoms with Crippen molar-refractivity contribution in [1.82, 2.24) is 20.4 Å². The Labute approximate surface area is 284 Å². The van der Waals surface area contributed by atoms with Gasteiger partial charge in [-0.25, -0.2) is 0 Å². The molecule has 11 heteroatoms. The number of hydrogen-bond acceptors (Lipinski definition) is 7. The third-order valence-electron chi connectivity index (χ3n) is 10.7. The zero-order chi connectivity index (χ0) is 34.0. The molecule has 2 aliphatic heterocycles. The Bertz CT molecular complexity index is 1410. The van der Waals surface area contributed by atoms with E-state index in [1.54, 1.807) is 11.0 Å². The van der Waals surface area contributed by atoms with E-state index in [2.05, 4.69) is 15.5 Å². The van der Waals surface area contributed by atoms with Gasteiger partial charge in [-0.3, -0.25) is 24.1 Å². The lowest BCUT2D eigenvalue weighted by molar-refractivity contribution is -0.141. The van der Waals surface area contributed by atoms with Crippen molar-refractivity contribution in [2.45, 2.75) is 114 Å². The summed E-state index contributed by atoms with van der Waals surface area (Å²) in [5, 5.41) is 18.5. The average molecular weight is 663 g/mol. The van der Waals surface area contributed by atoms with Crippen LogP contribution in [0.1, 0.15) is 93.8 Å². The summed E-state index contributed by atoms with van der Waals surface area (Å²) in [5.41, 5.74) is 11.6. The minimum Gasteiger partial charge on any atom is -0.381 e. The molecule has 2 aromatic rings. The number of carbonyl (C=O) groups excluding carboxylic acids is 4. The van der Waals surface area contributed by atoms with Crippen LogP contribution in [0.15, 0.2) is 42.5 Å². The van der Waals surface area contributed by atoms with Gasteiger partial charge in [-0.2, -0.15) is 0 Å². The van der Waals surface area contributed by atoms with Crippen molar-refractivity contribution in [1.29, 1.82) is 0 Å². The molecule has 3 aliphatic rings. The molecular weight excluding hydrogens is 608 g/mol. The second-order valence-corrected chi connectivity index (χ2v) is 14.1. The number of rotatable bonds is 14. The largest absolute Gasteiger partial charge is 0.381 e. The van der Waals surface area contributed by atoms with Crippen LogP contribution in [0.4, 0.5) is 0 Å². The molecule has 262 valence electrons. The van der Waals surface area contributed by atoms with Crippen molar-refractivity contribution >= 4 is 34.4 Å². The molecule has 7 N–H and O–H groups in total. The molecule has 1 saturated carbocycles. The minimum atomic E-state index is -1.56. The van der Waals surface area contributed by atoms with Crippen molar-refractivity contribution in [3.8, 4) is 0 Å². The standard InChI is InChI=1S/C37H54N6O5/c38-18-8-7-15-30(33(44)34(39)45)40-36(47)32-23-29(42-19-9-2-10-20-42)24-43(32)37(48)31(21-25-11-3-1-4-12-25)41-35(46)28-17-16-26-13-5-6-14-27(26)22-28/h5-6,13-14,16-17,22,25,29-33,44H,1-4,7-12,15,18-21,23-24,38H2,(H2,39,45)(H,40,47)(H,41,46)/t29-,30?,31?,32+,33?/m1/s1. The zero-order valence-electron chi connectivity index (χ0n) is 28.2. The van der Waals surface area contributed by atoms with Crippen molar-refractivity contribution in [2.75, 3.05) is 26.2 Å². The van der Waals surface area contributed by atoms with E-state index in [1.165, 1.54) is 6.42 Å². The van der Waals surface area contributed by atoms with Crippen LogP contribution in [-0.4, -0.2) is 95.0 Å². The van der Waals surface area contributed by atoms with Gasteiger partial charge in [0.25, 0.3) is 5.91 Å². The van der Waals surface area contributed by atoms with E-state index in [-0.39, 0.29) is 17.9 Å². The maximum absolute atomic E-state index is 14.7. The Kier molecular flexibility index (Phi) is 12.8. The number of piperidine rings is 1. The van der Waals surface area contributed by atoms with Crippen molar-refractivity contribution in [3.05, 3.63) is 48.0 Å². The summed E-state index contributed by atoms with van der Waals surface area (Å²) in [5.74, 6) is -1.60. The fourth-order valence-corrected chi connectivity index (χ4v) is 7.90. The molecule has 48 heavy (non-hydrogen) atoms. The number of unbranched alkanes of at least 4 members (excludes halogenated alkanes) is 1. The van der Waals surface area contributed by atoms with Gasteiger partial charge in [-0.1, -0.05) is 75.3 Å². The summed E-state index contributed by atoms with van der Waals surface area (Å²) < 4.78 is 0. The van der Waals surface area contributed by atoms with Gasteiger partial charge in [-0.05, 0) is 87.0 Å². The lowest BCUT2D eigenvalue weighted by atomic mass is 9.84. The van der Waals surface area contributed by atoms with E-state index in [4.69, 9.17) is 11.5 Å². The molecule has 3 unspecified atom stereocenters. The predicted octanol–water partition coefficient (Wildman–Crippen LogP) is 2.82. The Morgan fingerprint density at radius 2 is 1.60 bits per heavy atom. The number of hydrogen-bond donors (Lipinski definition) is 5. The molecule has 0 aromatic heterocycles. The van der Waals surface area contributed by atoms with E-state index in [0.717, 1.165) is 68.8 Å². The second-order valence-electron chi connectivity index (χ2n) is 14.1. The van der Waals surface area contributed by atoms with E-state index in [0.29, 0.717) is 56.7 Å². The number of primary amides is 1. The topological polar surface area (TPSA) is 171 Å². The summed E-state index contributed by atoms with van der Waals surface area (Å²) >= 11 is 0. The summed E-state index contributed by atoms with van der Waals surface area (Å²) in [6.07, 6.45) is 9.68. The number of aliphatic hydroxyl groups is 1. The molecule has 11 nitrogen and oxygen atoms in total. The lowest BCUT2D eigenvalue weighted by Gasteiger charge is -2.33. The number of fused-ring (bicyclic) bond motifs is 1. The fourth-order valence-electron chi connectivity index (χ4n) is 7.90. The molecule has 5 atom stereocenters. The first-order valence-electron chi connectivity index (χ1n) is 18.1. The van der Waals surface area contributed by atoms with Crippen molar-refractivity contribution < 1.29 is 24.3 Å². The van der Waals surface area contributed by atoms with Gasteiger partial charge in [-0.15, -0.1) is 0 Å². The van der Waals surface area contributed by atoms with Crippen LogP contribution >= 0.6 is 0 Å². The number of nitrogens with two attached hydrogens (primary N) is 2. The zero-order valence-corrected chi connectivity index (χ0v) is 28.2. The van der Waals surface area contributed by atoms with Gasteiger partial charge in [0.1, 0.15) is 12.1 Å². The molecule has 3 fully saturated rings. The van der Waals surface area contributed by atoms with E-state index < -0.39 is 36.0 Å². The van der Waals surface area contributed by atoms with Crippen LogP contribution < -0.4 is 22.1 Å². The molecule has 4 amide bonds. The predicted molar refractivity (Wildman–Crippen MR) is 186 cm³/mol. The minimum absolute atomic E-state index is 0.00623. The molecule has 0 spiro atoms. The highest BCUT2D eigenvalue weighted by Gasteiger charge is 2.45. The summed E-state index contributed by atoms with van der Waals surface area (Å²) in [6, 6.07) is 10.9. The number of likely N-dealkylation sites (tertiary alicyclic amines) is 2. The average Bonchev–Trinajstić information content (AvgIpc) is 3.57. The molecule has 2 heterocycles. The normalized spacial score (nSPS) is 22.6. The number of nitrogens with one attached hydrogen (secondary N) is 2. The number of amides is 4. The molecular formula is C37H54N6O5. The summed E-state index contributed by atoms with van der Waals surface area (Å²) in [4.78, 5) is 58.4. The molecule has 0 bridgehead atoms. The van der Waals surface area contributed by atoms with Gasteiger partial charge < -0.3 is 32.1 Å². The first-order valence-corrected chi connectivity index (χ1v) is 18.1. The number of benzene rings is 2. The van der Waals surface area contributed by atoms with Crippen molar-refractivity contribution in [2.24, 2.45) is 17.4 Å². The van der Waals surface area contributed by atoms with Gasteiger partial charge in [0, 0.05) is 18.2 Å². The highest BCUT2D eigenvalue weighted by Crippen LogP contribution is 2.31. The first kappa shape index (κ1) is 35.8. The molecule has 0 radical (unpaired) electrons. The van der Waals surface area contributed by atoms with Crippen LogP contribution in [0, 0.1) is 5.92 Å². The third-order valence-corrected chi connectivity index (χ3v) is 10.7. The van der Waals surface area contributed by atoms with E-state index >= 15 is 0 Å². The summed E-state index contributed by atoms with van der Waals surface area (Å²) in [6.45, 7) is 2.64. The SMILES string of the molecule is NCCCCC(NC(=O)[C@@H]1C[C@@H](N2CCCCC2)CN1C(=O)C(CC1CCCCC1)NC(=O)c1ccc2ccccc2c1)C(O)C(N)=O. The molecule has 1 aliphatic carbocycles. The van der Waals surface area contributed by atoms with Gasteiger partial charge in [0.05, 0.1) is 6.04 Å². The molecule has 2 aromatic carbocycles. The Hall–Kier alpha value is -3.54. The van der Waals surface area contributed by atoms with Gasteiger partial charge >= 0.3 is 0 Å². The second kappa shape index (κ2) is 17.2. The number of carbonyl (C=O) groups is 4. The van der Waals surface area contributed by atoms with E-state index in [9.17, 15) is 24.3 Å².